The maximum absolute atomic E-state index is 15.7. The number of nitrogens with one attached hydrogen (secondary N) is 1. The molecule has 0 radical (unpaired) electrons. The average Bonchev–Trinajstić information content (AvgIpc) is 1.31. The summed E-state index contributed by atoms with van der Waals surface area (Å²) in [5.74, 6) is -4.04. The molecule has 20 heteroatoms. The van der Waals surface area contributed by atoms with Gasteiger partial charge in [-0.15, -0.1) is 0 Å². The number of allylic oxidation sites excluding steroid dienone is 4. The topological polar surface area (TPSA) is 266 Å². The van der Waals surface area contributed by atoms with E-state index in [1.165, 1.54) is 6.92 Å². The van der Waals surface area contributed by atoms with E-state index >= 15 is 4.79 Å². The van der Waals surface area contributed by atoms with Crippen LogP contribution in [0.15, 0.2) is 58.9 Å². The van der Waals surface area contributed by atoms with E-state index in [4.69, 9.17) is 52.1 Å². The van der Waals surface area contributed by atoms with Crippen molar-refractivity contribution in [2.45, 2.75) is 296 Å². The van der Waals surface area contributed by atoms with Crippen molar-refractivity contribution in [2.75, 3.05) is 0 Å². The van der Waals surface area contributed by atoms with Crippen LogP contribution >= 0.6 is 0 Å². The fourth-order valence-electron chi connectivity index (χ4n) is 17.3. The smallest absolute Gasteiger partial charge is 0.346 e. The van der Waals surface area contributed by atoms with Gasteiger partial charge in [0.1, 0.15) is 23.5 Å². The predicted molar refractivity (Wildman–Crippen MR) is 321 cm³/mol. The van der Waals surface area contributed by atoms with E-state index in [-0.39, 0.29) is 90.6 Å². The molecule has 0 aromatic rings. The van der Waals surface area contributed by atoms with Crippen LogP contribution in [0.3, 0.4) is 0 Å². The first kappa shape index (κ1) is 67.4. The van der Waals surface area contributed by atoms with Crippen molar-refractivity contribution in [3.05, 3.63) is 58.9 Å². The molecule has 6 saturated heterocycles. The molecular weight excluding hydrogens is 1130 g/mol. The highest BCUT2D eigenvalue weighted by molar-refractivity contribution is 6.26. The lowest BCUT2D eigenvalue weighted by Crippen LogP contribution is -2.62. The number of Topliss-reactive ketones (excluding diaryl/α,β-unsaturated/α-hetero) is 1. The molecule has 10 aliphatic rings. The number of ether oxygens (including phenoxy) is 11. The zero-order valence-corrected chi connectivity index (χ0v) is 54.3. The second-order valence-corrected chi connectivity index (χ2v) is 28.6. The zero-order chi connectivity index (χ0) is 63.6. The molecule has 494 valence electrons. The maximum Gasteiger partial charge on any atom is 0.346 e. The Labute approximate surface area is 520 Å². The minimum absolute atomic E-state index is 0.0149. The van der Waals surface area contributed by atoms with Crippen LogP contribution in [0.5, 0.6) is 0 Å². The van der Waals surface area contributed by atoms with Gasteiger partial charge in [-0.2, -0.15) is 0 Å². The summed E-state index contributed by atoms with van der Waals surface area (Å²) < 4.78 is 72.4. The van der Waals surface area contributed by atoms with Crippen LogP contribution in [-0.2, 0) is 66.5 Å². The fourth-order valence-corrected chi connectivity index (χ4v) is 17.3. The Bertz CT molecular complexity index is 2660. The second kappa shape index (κ2) is 26.9. The van der Waals surface area contributed by atoms with Crippen LogP contribution in [0.4, 0.5) is 0 Å². The van der Waals surface area contributed by atoms with Gasteiger partial charge in [-0.25, -0.2) is 4.79 Å². The molecule has 6 aliphatic heterocycles. The molecule has 1 amide bonds. The quantitative estimate of drug-likeness (QED) is 0.0579. The standard InChI is InChI=1S/C68H103NO19/c1-15-16-43-17-18-44-27-36(6)59(87-55-31-66(13,77)62(41(11)82-55)69-42(12)70)34(4)25-32(2)46-20-19-45-57(67(46,14)63(74)56-64(75)68(44,30-43)88-65(56)76)33(3)26-35(5)60(45)85-52-24-22-49(38(8)79-52)83-54-29-50(84-51-23-21-47(71)37(7)78-51)61(40(10)81-54)86-53-28-48(72)58(73)39(9)80-53/h17-20,25,27,33-35,37-41,43-55,57-62,71-74,77H,15-16,21-24,26,28-31H2,1-14H3,(H,69,70)/b32-25+,36-27+,63-56-. The monoisotopic (exact) mass is 1240 g/mol. The third-order valence-electron chi connectivity index (χ3n) is 21.6. The molecule has 6 heterocycles. The third-order valence-corrected chi connectivity index (χ3v) is 21.6. The molecule has 6 N–H and O–H groups in total. The molecular formula is C68H103NO19. The van der Waals surface area contributed by atoms with E-state index in [9.17, 15) is 35.1 Å². The lowest BCUT2D eigenvalue weighted by molar-refractivity contribution is -0.346. The lowest BCUT2D eigenvalue weighted by atomic mass is 9.49. The van der Waals surface area contributed by atoms with E-state index in [0.29, 0.717) is 25.7 Å². The Kier molecular flexibility index (Phi) is 20.6. The number of hydrogen-bond donors (Lipinski definition) is 6. The molecule has 10 rings (SSSR count). The average molecular weight is 1240 g/mol. The number of aliphatic hydroxyl groups excluding tert-OH is 4. The summed E-state index contributed by atoms with van der Waals surface area (Å²) in [6.45, 7) is 26.8. The van der Waals surface area contributed by atoms with Crippen LogP contribution in [0.2, 0.25) is 0 Å². The number of carbonyl (C=O) groups excluding carboxylic acids is 3. The van der Waals surface area contributed by atoms with Crippen molar-refractivity contribution in [1.82, 2.24) is 5.32 Å². The van der Waals surface area contributed by atoms with E-state index in [1.54, 1.807) is 20.8 Å². The number of esters is 1. The Morgan fingerprint density at radius 2 is 1.31 bits per heavy atom. The lowest BCUT2D eigenvalue weighted by Gasteiger charge is -2.56. The van der Waals surface area contributed by atoms with Crippen molar-refractivity contribution < 1.29 is 92.0 Å². The summed E-state index contributed by atoms with van der Waals surface area (Å²) in [5, 5.41) is 59.4. The highest BCUT2D eigenvalue weighted by Crippen LogP contribution is 2.61. The van der Waals surface area contributed by atoms with E-state index < -0.39 is 145 Å². The highest BCUT2D eigenvalue weighted by Gasteiger charge is 2.64. The van der Waals surface area contributed by atoms with Crippen LogP contribution in [0.1, 0.15) is 168 Å². The summed E-state index contributed by atoms with van der Waals surface area (Å²) in [6.07, 6.45) is 6.05. The van der Waals surface area contributed by atoms with Crippen molar-refractivity contribution in [3.63, 3.8) is 0 Å². The second-order valence-electron chi connectivity index (χ2n) is 28.6. The minimum Gasteiger partial charge on any atom is -0.511 e. The Balaban J connectivity index is 0.907. The van der Waals surface area contributed by atoms with Gasteiger partial charge in [0.05, 0.1) is 78.8 Å². The van der Waals surface area contributed by atoms with Gasteiger partial charge in [-0.3, -0.25) is 9.59 Å². The number of ketones is 1. The molecule has 1 saturated carbocycles. The SMILES string of the molecule is CCCC1C=CC2/C=C(\C)C(OC3CC(C)(O)C(NC(C)=O)C(C)O3)C(C)/C=C(\C)C3C=CC4C(OC5CCC(OC6CC(OC7CCC(O)C(C)O7)C(OC7CC(O)C(O)C(C)O7)C(C)O6)C(C)O5)C(C)CC(C)C4C3(C)/C(O)=C3/C(=O)OC2(C1)C3=O. The van der Waals surface area contributed by atoms with Crippen LogP contribution in [0.25, 0.3) is 0 Å². The van der Waals surface area contributed by atoms with Gasteiger partial charge in [0, 0.05) is 74.5 Å². The number of hydrogen-bond acceptors (Lipinski definition) is 19. The number of amides is 1. The van der Waals surface area contributed by atoms with E-state index in [1.807, 2.05) is 53.7 Å². The first-order valence-corrected chi connectivity index (χ1v) is 33.1. The number of carbonyl (C=O) groups is 3. The van der Waals surface area contributed by atoms with Crippen molar-refractivity contribution in [1.29, 1.82) is 0 Å². The Morgan fingerprint density at radius 1 is 0.659 bits per heavy atom. The third kappa shape index (κ3) is 13.4. The Morgan fingerprint density at radius 3 is 1.99 bits per heavy atom. The van der Waals surface area contributed by atoms with E-state index in [2.05, 4.69) is 57.3 Å². The van der Waals surface area contributed by atoms with Gasteiger partial charge in [0.2, 0.25) is 11.7 Å². The number of rotatable bonds is 13. The predicted octanol–water partition coefficient (Wildman–Crippen LogP) is 8.02. The maximum atomic E-state index is 15.7. The summed E-state index contributed by atoms with van der Waals surface area (Å²) in [6, 6.07) is -0.672. The normalized spacial score (nSPS) is 51.2. The number of fused-ring (bicyclic) bond motifs is 4. The first-order valence-electron chi connectivity index (χ1n) is 33.1. The van der Waals surface area contributed by atoms with Crippen molar-refractivity contribution in [2.24, 2.45) is 52.8 Å². The summed E-state index contributed by atoms with van der Waals surface area (Å²) in [7, 11) is 0. The summed E-state index contributed by atoms with van der Waals surface area (Å²) in [4.78, 5) is 42.8. The highest BCUT2D eigenvalue weighted by atomic mass is 16.8. The van der Waals surface area contributed by atoms with Gasteiger partial charge < -0.3 is 83.0 Å². The molecule has 20 nitrogen and oxygen atoms in total. The Hall–Kier alpha value is -3.45. The summed E-state index contributed by atoms with van der Waals surface area (Å²) >= 11 is 0. The van der Waals surface area contributed by atoms with E-state index in [0.717, 1.165) is 30.4 Å². The van der Waals surface area contributed by atoms with Gasteiger partial charge in [0.25, 0.3) is 0 Å². The van der Waals surface area contributed by atoms with Gasteiger partial charge in [0.15, 0.2) is 37.1 Å². The number of aliphatic hydroxyl groups is 5. The van der Waals surface area contributed by atoms with Gasteiger partial charge >= 0.3 is 5.97 Å². The molecule has 0 aromatic heterocycles. The molecule has 30 atom stereocenters. The van der Waals surface area contributed by atoms with Gasteiger partial charge in [-0.1, -0.05) is 83.1 Å². The molecule has 30 unspecified atom stereocenters. The molecule has 7 fully saturated rings. The molecule has 88 heavy (non-hydrogen) atoms. The van der Waals surface area contributed by atoms with Crippen molar-refractivity contribution in [3.8, 4) is 0 Å². The van der Waals surface area contributed by atoms with Crippen molar-refractivity contribution >= 4 is 17.7 Å². The largest absolute Gasteiger partial charge is 0.511 e. The zero-order valence-electron chi connectivity index (χ0n) is 54.3. The molecule has 0 aromatic carbocycles. The minimum atomic E-state index is -1.63. The first-order chi connectivity index (χ1) is 41.5. The van der Waals surface area contributed by atoms with Crippen LogP contribution in [-0.4, -0.2) is 171 Å². The fraction of sp³-hybridized carbons (Fsp3) is 0.809. The van der Waals surface area contributed by atoms with Gasteiger partial charge in [-0.05, 0) is 110 Å². The summed E-state index contributed by atoms with van der Waals surface area (Å²) in [5.41, 5.74) is -2.82. The molecule has 1 spiro atoms. The van der Waals surface area contributed by atoms with Crippen LogP contribution in [0, 0.1) is 52.8 Å². The van der Waals surface area contributed by atoms with Crippen LogP contribution < -0.4 is 5.32 Å². The molecule has 4 aliphatic carbocycles. The molecule has 2 bridgehead atoms.